The number of halogens is 2. The van der Waals surface area contributed by atoms with E-state index in [2.05, 4.69) is 5.32 Å². The van der Waals surface area contributed by atoms with Gasteiger partial charge in [0.05, 0.1) is 4.90 Å². The maximum absolute atomic E-state index is 12.4. The highest BCUT2D eigenvalue weighted by atomic mass is 32.2. The monoisotopic (exact) mass is 313 g/mol. The van der Waals surface area contributed by atoms with E-state index >= 15 is 0 Å². The van der Waals surface area contributed by atoms with Gasteiger partial charge in [0.25, 0.3) is 0 Å². The van der Waals surface area contributed by atoms with Crippen LogP contribution in [0.25, 0.3) is 0 Å². The van der Waals surface area contributed by atoms with E-state index in [1.165, 1.54) is 12.1 Å². The van der Waals surface area contributed by atoms with Crippen molar-refractivity contribution in [3.05, 3.63) is 54.1 Å². The molecular weight excluding hydrogens is 300 g/mol. The van der Waals surface area contributed by atoms with Crippen LogP contribution in [0.1, 0.15) is 5.56 Å². The third-order valence-electron chi connectivity index (χ3n) is 2.85. The van der Waals surface area contributed by atoms with Crippen molar-refractivity contribution >= 4 is 15.5 Å². The normalized spacial score (nSPS) is 11.6. The molecule has 0 aromatic heterocycles. The fourth-order valence-corrected chi connectivity index (χ4v) is 2.40. The Morgan fingerprint density at radius 1 is 1.00 bits per heavy atom. The number of aromatic hydroxyl groups is 1. The minimum Gasteiger partial charge on any atom is -0.508 e. The Hall–Kier alpha value is -2.15. The molecule has 21 heavy (non-hydrogen) atoms. The summed E-state index contributed by atoms with van der Waals surface area (Å²) in [4.78, 5) is -0.410. The number of benzene rings is 2. The lowest BCUT2D eigenvalue weighted by Crippen LogP contribution is -2.11. The van der Waals surface area contributed by atoms with Gasteiger partial charge < -0.3 is 10.4 Å². The maximum Gasteiger partial charge on any atom is 0.341 e. The molecular formula is C14H13F2NO3S. The van der Waals surface area contributed by atoms with Crippen LogP contribution in [0, 0.1) is 0 Å². The van der Waals surface area contributed by atoms with Gasteiger partial charge in [-0.25, -0.2) is 8.42 Å². The minimum absolute atomic E-state index is 0.167. The van der Waals surface area contributed by atoms with Crippen LogP contribution < -0.4 is 5.32 Å². The lowest BCUT2D eigenvalue weighted by atomic mass is 10.2. The van der Waals surface area contributed by atoms with Crippen molar-refractivity contribution in [3.63, 3.8) is 0 Å². The Kier molecular flexibility index (Phi) is 4.42. The van der Waals surface area contributed by atoms with E-state index in [-0.39, 0.29) is 5.75 Å². The van der Waals surface area contributed by atoms with Gasteiger partial charge in [-0.15, -0.1) is 0 Å². The second-order valence-corrected chi connectivity index (χ2v) is 6.27. The molecule has 2 rings (SSSR count). The number of alkyl halides is 2. The highest BCUT2D eigenvalue weighted by Crippen LogP contribution is 2.20. The van der Waals surface area contributed by atoms with Crippen LogP contribution in [0.3, 0.4) is 0 Å². The smallest absolute Gasteiger partial charge is 0.341 e. The van der Waals surface area contributed by atoms with Crippen LogP contribution >= 0.6 is 0 Å². The quantitative estimate of drug-likeness (QED) is 0.890. The summed E-state index contributed by atoms with van der Waals surface area (Å²) in [6.07, 6.45) is 0. The van der Waals surface area contributed by atoms with E-state index in [1.807, 2.05) is 0 Å². The van der Waals surface area contributed by atoms with Crippen molar-refractivity contribution in [2.75, 3.05) is 5.32 Å². The average Bonchev–Trinajstić information content (AvgIpc) is 2.47. The van der Waals surface area contributed by atoms with Crippen LogP contribution in [0.15, 0.2) is 53.4 Å². The second-order valence-electron chi connectivity index (χ2n) is 4.35. The summed E-state index contributed by atoms with van der Waals surface area (Å²) >= 11 is 0. The van der Waals surface area contributed by atoms with Crippen LogP contribution in [0.5, 0.6) is 5.75 Å². The van der Waals surface area contributed by atoms with Gasteiger partial charge in [0, 0.05) is 12.2 Å². The van der Waals surface area contributed by atoms with E-state index in [0.717, 1.165) is 17.7 Å². The molecule has 7 heteroatoms. The third kappa shape index (κ3) is 3.69. The first kappa shape index (κ1) is 15.2. The SMILES string of the molecule is O=S(=O)(c1ccc(NCc2ccc(O)cc2)cc1)C(F)F. The van der Waals surface area contributed by atoms with Crippen LogP contribution in [0.4, 0.5) is 14.5 Å². The van der Waals surface area contributed by atoms with Crippen molar-refractivity contribution in [1.82, 2.24) is 0 Å². The van der Waals surface area contributed by atoms with E-state index in [1.54, 1.807) is 24.3 Å². The maximum atomic E-state index is 12.4. The first-order chi connectivity index (χ1) is 9.89. The fraction of sp³-hybridized carbons (Fsp3) is 0.143. The molecule has 0 atom stereocenters. The number of phenolic OH excluding ortho intramolecular Hbond substituents is 1. The molecule has 0 saturated heterocycles. The van der Waals surface area contributed by atoms with Crippen LogP contribution in [-0.4, -0.2) is 19.3 Å². The number of nitrogens with one attached hydrogen (secondary N) is 1. The number of phenols is 1. The molecule has 2 N–H and O–H groups in total. The summed E-state index contributed by atoms with van der Waals surface area (Å²) in [5.41, 5.74) is 1.52. The Labute approximate surface area is 121 Å². The molecule has 0 aliphatic carbocycles. The molecule has 0 fully saturated rings. The second kappa shape index (κ2) is 6.09. The average molecular weight is 313 g/mol. The molecule has 112 valence electrons. The van der Waals surface area contributed by atoms with Gasteiger partial charge in [0.1, 0.15) is 5.75 Å². The topological polar surface area (TPSA) is 66.4 Å². The number of hydrogen-bond donors (Lipinski definition) is 2. The highest BCUT2D eigenvalue weighted by molar-refractivity contribution is 7.91. The van der Waals surface area contributed by atoms with Gasteiger partial charge in [-0.1, -0.05) is 12.1 Å². The van der Waals surface area contributed by atoms with E-state index in [9.17, 15) is 17.2 Å². The zero-order valence-electron chi connectivity index (χ0n) is 10.8. The van der Waals surface area contributed by atoms with E-state index < -0.39 is 20.5 Å². The zero-order valence-corrected chi connectivity index (χ0v) is 11.6. The minimum atomic E-state index is -4.55. The molecule has 0 saturated carbocycles. The van der Waals surface area contributed by atoms with Crippen molar-refractivity contribution in [2.24, 2.45) is 0 Å². The molecule has 0 unspecified atom stereocenters. The molecule has 4 nitrogen and oxygen atoms in total. The molecule has 0 aliphatic heterocycles. The fourth-order valence-electron chi connectivity index (χ4n) is 1.68. The van der Waals surface area contributed by atoms with Crippen molar-refractivity contribution in [1.29, 1.82) is 0 Å². The standard InChI is InChI=1S/C14H13F2NO3S/c15-14(16)21(19,20)13-7-3-11(4-8-13)17-9-10-1-5-12(18)6-2-10/h1-8,14,17-18H,9H2. The van der Waals surface area contributed by atoms with Crippen molar-refractivity contribution < 1.29 is 22.3 Å². The molecule has 0 aliphatic rings. The Morgan fingerprint density at radius 3 is 2.10 bits per heavy atom. The van der Waals surface area contributed by atoms with Gasteiger partial charge in [0.2, 0.25) is 9.84 Å². The first-order valence-electron chi connectivity index (χ1n) is 6.03. The summed E-state index contributed by atoms with van der Waals surface area (Å²) in [5.74, 6) is -3.26. The van der Waals surface area contributed by atoms with Gasteiger partial charge in [-0.05, 0) is 42.0 Å². The van der Waals surface area contributed by atoms with Crippen molar-refractivity contribution in [2.45, 2.75) is 17.2 Å². The molecule has 2 aromatic carbocycles. The van der Waals surface area contributed by atoms with Gasteiger partial charge in [0.15, 0.2) is 0 Å². The van der Waals surface area contributed by atoms with Crippen molar-refractivity contribution in [3.8, 4) is 5.75 Å². The summed E-state index contributed by atoms with van der Waals surface area (Å²) in [6.45, 7) is 0.460. The Morgan fingerprint density at radius 2 is 1.57 bits per heavy atom. The largest absolute Gasteiger partial charge is 0.508 e. The predicted octanol–water partition coefficient (Wildman–Crippen LogP) is 3.00. The molecule has 0 spiro atoms. The number of rotatable bonds is 5. The summed E-state index contributed by atoms with van der Waals surface area (Å²) in [6, 6.07) is 11.7. The Balaban J connectivity index is 2.05. The lowest BCUT2D eigenvalue weighted by Gasteiger charge is -2.08. The summed E-state index contributed by atoms with van der Waals surface area (Å²) in [7, 11) is -4.55. The van der Waals surface area contributed by atoms with E-state index in [0.29, 0.717) is 12.2 Å². The van der Waals surface area contributed by atoms with Crippen LogP contribution in [0.2, 0.25) is 0 Å². The van der Waals surface area contributed by atoms with Gasteiger partial charge in [-0.3, -0.25) is 0 Å². The molecule has 2 aromatic rings. The Bertz CT molecular complexity index is 698. The molecule has 0 heterocycles. The van der Waals surface area contributed by atoms with Gasteiger partial charge >= 0.3 is 5.76 Å². The number of anilines is 1. The predicted molar refractivity (Wildman–Crippen MR) is 75.1 cm³/mol. The summed E-state index contributed by atoms with van der Waals surface area (Å²) < 4.78 is 47.3. The number of sulfone groups is 1. The number of hydrogen-bond acceptors (Lipinski definition) is 4. The molecule has 0 amide bonds. The molecule has 0 radical (unpaired) electrons. The lowest BCUT2D eigenvalue weighted by molar-refractivity contribution is 0.234. The van der Waals surface area contributed by atoms with Crippen LogP contribution in [-0.2, 0) is 16.4 Å². The summed E-state index contributed by atoms with van der Waals surface area (Å²) in [5, 5.41) is 12.2. The highest BCUT2D eigenvalue weighted by Gasteiger charge is 2.26. The van der Waals surface area contributed by atoms with E-state index in [4.69, 9.17) is 5.11 Å². The molecule has 0 bridgehead atoms. The first-order valence-corrected chi connectivity index (χ1v) is 7.58. The third-order valence-corrected chi connectivity index (χ3v) is 4.25. The zero-order chi connectivity index (χ0) is 15.5. The van der Waals surface area contributed by atoms with Gasteiger partial charge in [-0.2, -0.15) is 8.78 Å².